The van der Waals surface area contributed by atoms with Gasteiger partial charge in [-0.2, -0.15) is 0 Å². The molecule has 4 heteroatoms. The highest BCUT2D eigenvalue weighted by Crippen LogP contribution is 2.25. The maximum absolute atomic E-state index is 12.0. The molecule has 0 aromatic carbocycles. The standard InChI is InChI=1S/C12H13NO3/c1-16-11-4-2-3-10(13-11)12(15)8-5-6-9(14)7-8/h2-4,8H,5-7H2,1H3. The van der Waals surface area contributed by atoms with Gasteiger partial charge in [-0.25, -0.2) is 4.98 Å². The van der Waals surface area contributed by atoms with Crippen molar-refractivity contribution in [3.8, 4) is 5.88 Å². The number of pyridine rings is 1. The number of nitrogens with zero attached hydrogens (tertiary/aromatic N) is 1. The van der Waals surface area contributed by atoms with E-state index in [2.05, 4.69) is 4.98 Å². The predicted molar refractivity (Wildman–Crippen MR) is 57.5 cm³/mol. The molecule has 1 aromatic rings. The van der Waals surface area contributed by atoms with E-state index in [9.17, 15) is 9.59 Å². The third kappa shape index (κ3) is 2.10. The average Bonchev–Trinajstić information content (AvgIpc) is 2.75. The van der Waals surface area contributed by atoms with Crippen LogP contribution in [0.2, 0.25) is 0 Å². The number of rotatable bonds is 3. The molecule has 1 heterocycles. The number of Topliss-reactive ketones (excluding diaryl/α,β-unsaturated/α-hetero) is 2. The van der Waals surface area contributed by atoms with Gasteiger partial charge in [0.15, 0.2) is 5.78 Å². The first-order chi connectivity index (χ1) is 7.70. The first kappa shape index (κ1) is 10.8. The fourth-order valence-electron chi connectivity index (χ4n) is 1.91. The summed E-state index contributed by atoms with van der Waals surface area (Å²) < 4.78 is 4.96. The monoisotopic (exact) mass is 219 g/mol. The largest absolute Gasteiger partial charge is 0.481 e. The number of hydrogen-bond acceptors (Lipinski definition) is 4. The number of methoxy groups -OCH3 is 1. The molecule has 84 valence electrons. The van der Waals surface area contributed by atoms with Crippen molar-refractivity contribution < 1.29 is 14.3 Å². The topological polar surface area (TPSA) is 56.3 Å². The molecule has 0 N–H and O–H groups in total. The molecule has 4 nitrogen and oxygen atoms in total. The van der Waals surface area contributed by atoms with E-state index in [0.29, 0.717) is 30.8 Å². The Morgan fingerprint density at radius 3 is 2.94 bits per heavy atom. The summed E-state index contributed by atoms with van der Waals surface area (Å²) >= 11 is 0. The van der Waals surface area contributed by atoms with Gasteiger partial charge in [-0.1, -0.05) is 6.07 Å². The SMILES string of the molecule is COc1cccc(C(=O)C2CCC(=O)C2)n1. The fourth-order valence-corrected chi connectivity index (χ4v) is 1.91. The summed E-state index contributed by atoms with van der Waals surface area (Å²) in [4.78, 5) is 27.2. The zero-order valence-electron chi connectivity index (χ0n) is 9.10. The van der Waals surface area contributed by atoms with Gasteiger partial charge < -0.3 is 4.74 Å². The van der Waals surface area contributed by atoms with Crippen molar-refractivity contribution in [2.45, 2.75) is 19.3 Å². The molecule has 0 amide bonds. The highest BCUT2D eigenvalue weighted by molar-refractivity contribution is 6.00. The Balaban J connectivity index is 2.17. The number of carbonyl (C=O) groups excluding carboxylic acids is 2. The zero-order chi connectivity index (χ0) is 11.5. The first-order valence-electron chi connectivity index (χ1n) is 5.27. The first-order valence-corrected chi connectivity index (χ1v) is 5.27. The minimum atomic E-state index is -0.188. The molecule has 1 aliphatic carbocycles. The molecule has 0 saturated heterocycles. The predicted octanol–water partition coefficient (Wildman–Crippen LogP) is 1.64. The summed E-state index contributed by atoms with van der Waals surface area (Å²) in [7, 11) is 1.51. The summed E-state index contributed by atoms with van der Waals surface area (Å²) in [6, 6.07) is 5.08. The zero-order valence-corrected chi connectivity index (χ0v) is 9.10. The molecule has 1 fully saturated rings. The molecule has 2 rings (SSSR count). The van der Waals surface area contributed by atoms with Gasteiger partial charge in [-0.15, -0.1) is 0 Å². The van der Waals surface area contributed by atoms with Gasteiger partial charge in [0.2, 0.25) is 5.88 Å². The summed E-state index contributed by atoms with van der Waals surface area (Å²) in [6.07, 6.45) is 1.52. The third-order valence-electron chi connectivity index (χ3n) is 2.80. The highest BCUT2D eigenvalue weighted by Gasteiger charge is 2.29. The lowest BCUT2D eigenvalue weighted by Gasteiger charge is -2.07. The van der Waals surface area contributed by atoms with E-state index in [-0.39, 0.29) is 17.5 Å². The number of hydrogen-bond donors (Lipinski definition) is 0. The fraction of sp³-hybridized carbons (Fsp3) is 0.417. The summed E-state index contributed by atoms with van der Waals surface area (Å²) in [6.45, 7) is 0. The van der Waals surface area contributed by atoms with Gasteiger partial charge in [-0.05, 0) is 12.5 Å². The highest BCUT2D eigenvalue weighted by atomic mass is 16.5. The van der Waals surface area contributed by atoms with E-state index in [1.807, 2.05) is 0 Å². The van der Waals surface area contributed by atoms with Crippen LogP contribution in [0.4, 0.5) is 0 Å². The maximum atomic E-state index is 12.0. The van der Waals surface area contributed by atoms with Crippen molar-refractivity contribution in [3.63, 3.8) is 0 Å². The second kappa shape index (κ2) is 4.43. The average molecular weight is 219 g/mol. The van der Waals surface area contributed by atoms with Crippen molar-refractivity contribution >= 4 is 11.6 Å². The molecule has 1 saturated carbocycles. The van der Waals surface area contributed by atoms with Crippen LogP contribution in [0.5, 0.6) is 5.88 Å². The third-order valence-corrected chi connectivity index (χ3v) is 2.80. The summed E-state index contributed by atoms with van der Waals surface area (Å²) in [5, 5.41) is 0. The van der Waals surface area contributed by atoms with Crippen LogP contribution >= 0.6 is 0 Å². The van der Waals surface area contributed by atoms with Gasteiger partial charge in [0.05, 0.1) is 7.11 Å². The van der Waals surface area contributed by atoms with Gasteiger partial charge in [0.25, 0.3) is 0 Å². The van der Waals surface area contributed by atoms with Crippen LogP contribution in [0.25, 0.3) is 0 Å². The van der Waals surface area contributed by atoms with Crippen LogP contribution < -0.4 is 4.74 Å². The van der Waals surface area contributed by atoms with Crippen molar-refractivity contribution in [2.75, 3.05) is 7.11 Å². The normalized spacial score (nSPS) is 19.8. The van der Waals surface area contributed by atoms with E-state index < -0.39 is 0 Å². The molecule has 16 heavy (non-hydrogen) atoms. The molecule has 1 aromatic heterocycles. The van der Waals surface area contributed by atoms with Gasteiger partial charge >= 0.3 is 0 Å². The molecular weight excluding hydrogens is 206 g/mol. The smallest absolute Gasteiger partial charge is 0.213 e. The van der Waals surface area contributed by atoms with Crippen molar-refractivity contribution in [3.05, 3.63) is 23.9 Å². The van der Waals surface area contributed by atoms with E-state index >= 15 is 0 Å². The van der Waals surface area contributed by atoms with Gasteiger partial charge in [-0.3, -0.25) is 9.59 Å². The number of ether oxygens (including phenoxy) is 1. The van der Waals surface area contributed by atoms with E-state index in [4.69, 9.17) is 4.74 Å². The molecule has 0 spiro atoms. The Kier molecular flexibility index (Phi) is 2.99. The molecule has 0 radical (unpaired) electrons. The molecule has 1 unspecified atom stereocenters. The lowest BCUT2D eigenvalue weighted by molar-refractivity contribution is -0.117. The number of carbonyl (C=O) groups is 2. The second-order valence-corrected chi connectivity index (χ2v) is 3.91. The van der Waals surface area contributed by atoms with Crippen molar-refractivity contribution in [1.29, 1.82) is 0 Å². The second-order valence-electron chi connectivity index (χ2n) is 3.91. The van der Waals surface area contributed by atoms with Gasteiger partial charge in [0.1, 0.15) is 11.5 Å². The van der Waals surface area contributed by atoms with E-state index in [1.54, 1.807) is 18.2 Å². The summed E-state index contributed by atoms with van der Waals surface area (Å²) in [5.41, 5.74) is 0.388. The van der Waals surface area contributed by atoms with Crippen LogP contribution in [0.1, 0.15) is 29.8 Å². The Bertz CT molecular complexity index is 428. The number of aromatic nitrogens is 1. The van der Waals surface area contributed by atoms with E-state index in [0.717, 1.165) is 0 Å². The van der Waals surface area contributed by atoms with Crippen molar-refractivity contribution in [1.82, 2.24) is 4.98 Å². The lowest BCUT2D eigenvalue weighted by atomic mass is 10.00. The molecular formula is C12H13NO3. The maximum Gasteiger partial charge on any atom is 0.213 e. The molecule has 0 aliphatic heterocycles. The van der Waals surface area contributed by atoms with Crippen LogP contribution in [0, 0.1) is 5.92 Å². The van der Waals surface area contributed by atoms with Gasteiger partial charge in [0, 0.05) is 24.8 Å². The molecule has 1 atom stereocenters. The van der Waals surface area contributed by atoms with Crippen LogP contribution in [-0.2, 0) is 4.79 Å². The Morgan fingerprint density at radius 2 is 2.31 bits per heavy atom. The van der Waals surface area contributed by atoms with Crippen molar-refractivity contribution in [2.24, 2.45) is 5.92 Å². The lowest BCUT2D eigenvalue weighted by Crippen LogP contribution is -2.13. The minimum Gasteiger partial charge on any atom is -0.481 e. The molecule has 0 bridgehead atoms. The van der Waals surface area contributed by atoms with Crippen LogP contribution in [0.3, 0.4) is 0 Å². The quantitative estimate of drug-likeness (QED) is 0.725. The van der Waals surface area contributed by atoms with E-state index in [1.165, 1.54) is 7.11 Å². The summed E-state index contributed by atoms with van der Waals surface area (Å²) in [5.74, 6) is 0.355. The Morgan fingerprint density at radius 1 is 1.50 bits per heavy atom. The Labute approximate surface area is 93.6 Å². The number of ketones is 2. The molecule has 1 aliphatic rings. The Hall–Kier alpha value is -1.71. The van der Waals surface area contributed by atoms with Crippen LogP contribution in [0.15, 0.2) is 18.2 Å². The van der Waals surface area contributed by atoms with Crippen LogP contribution in [-0.4, -0.2) is 23.7 Å². The minimum absolute atomic E-state index is 0.0512.